The van der Waals surface area contributed by atoms with E-state index < -0.39 is 5.97 Å². The van der Waals surface area contributed by atoms with Gasteiger partial charge in [0.2, 0.25) is 0 Å². The number of benzene rings is 3. The van der Waals surface area contributed by atoms with E-state index in [1.807, 2.05) is 0 Å². The number of hydrogen-bond acceptors (Lipinski definition) is 1. The van der Waals surface area contributed by atoms with Crippen LogP contribution in [0.4, 0.5) is 0 Å². The molecule has 0 heterocycles. The molecule has 1 N–H and O–H groups in total. The Labute approximate surface area is 211 Å². The third-order valence-electron chi connectivity index (χ3n) is 7.80. The monoisotopic (exact) mass is 468 g/mol. The predicted octanol–water partition coefficient (Wildman–Crippen LogP) is 9.28. The molecule has 2 nitrogen and oxygen atoms in total. The lowest BCUT2D eigenvalue weighted by molar-refractivity contribution is -0.137. The van der Waals surface area contributed by atoms with Crippen LogP contribution in [0, 0.1) is 5.92 Å². The molecule has 0 aromatic heterocycles. The number of aryl methyl sites for hydroxylation is 1. The van der Waals surface area contributed by atoms with Crippen LogP contribution in [0.2, 0.25) is 0 Å². The van der Waals surface area contributed by atoms with Crippen LogP contribution in [-0.2, 0) is 11.2 Å². The summed E-state index contributed by atoms with van der Waals surface area (Å²) in [6.07, 6.45) is 12.4. The molecule has 2 heteroatoms. The van der Waals surface area contributed by atoms with Gasteiger partial charge in [0.05, 0.1) is 0 Å². The van der Waals surface area contributed by atoms with Gasteiger partial charge >= 0.3 is 5.97 Å². The van der Waals surface area contributed by atoms with E-state index in [-0.39, 0.29) is 6.42 Å². The second-order valence-corrected chi connectivity index (χ2v) is 10.3. The standard InChI is InChI=1S/C33H40O2/c1-2-3-8-25-13-17-27(18-14-25)28-21-23-30(24-22-28)32-11-6-5-10-31(32)29-19-15-26(16-20-29)9-4-7-12-33(34)35/h5-6,10-11,15-16,19-25,27H,2-4,7-9,12-14,17-18H2,1H3,(H,34,35)/t25-,27-. The number of carbonyl (C=O) groups is 1. The molecular weight excluding hydrogens is 428 g/mol. The summed E-state index contributed by atoms with van der Waals surface area (Å²) in [5.41, 5.74) is 7.81. The molecule has 0 amide bonds. The topological polar surface area (TPSA) is 37.3 Å². The van der Waals surface area contributed by atoms with E-state index in [0.717, 1.165) is 31.1 Å². The van der Waals surface area contributed by atoms with Gasteiger partial charge in [0.15, 0.2) is 0 Å². The first-order chi connectivity index (χ1) is 17.1. The molecule has 1 aliphatic rings. The van der Waals surface area contributed by atoms with Crippen molar-refractivity contribution in [2.24, 2.45) is 5.92 Å². The summed E-state index contributed by atoms with van der Waals surface area (Å²) in [4.78, 5) is 10.7. The summed E-state index contributed by atoms with van der Waals surface area (Å²) >= 11 is 0. The second kappa shape index (κ2) is 12.7. The van der Waals surface area contributed by atoms with Crippen molar-refractivity contribution in [1.82, 2.24) is 0 Å². The number of carboxylic acid groups (broad SMARTS) is 1. The van der Waals surface area contributed by atoms with Gasteiger partial charge in [-0.25, -0.2) is 0 Å². The summed E-state index contributed by atoms with van der Waals surface area (Å²) in [6.45, 7) is 2.30. The molecule has 184 valence electrons. The van der Waals surface area contributed by atoms with Crippen LogP contribution < -0.4 is 0 Å². The quantitative estimate of drug-likeness (QED) is 0.285. The minimum atomic E-state index is -0.709. The number of rotatable bonds is 11. The van der Waals surface area contributed by atoms with Crippen molar-refractivity contribution in [3.63, 3.8) is 0 Å². The Hall–Kier alpha value is -2.87. The van der Waals surface area contributed by atoms with Crippen LogP contribution in [0.5, 0.6) is 0 Å². The molecule has 0 bridgehead atoms. The van der Waals surface area contributed by atoms with Crippen molar-refractivity contribution in [1.29, 1.82) is 0 Å². The third-order valence-corrected chi connectivity index (χ3v) is 7.80. The Morgan fingerprint density at radius 2 is 1.37 bits per heavy atom. The fraction of sp³-hybridized carbons (Fsp3) is 0.424. The van der Waals surface area contributed by atoms with E-state index in [4.69, 9.17) is 5.11 Å². The van der Waals surface area contributed by atoms with Crippen molar-refractivity contribution in [2.45, 2.75) is 83.5 Å². The molecular formula is C33H40O2. The first-order valence-corrected chi connectivity index (χ1v) is 13.6. The molecule has 0 saturated heterocycles. The van der Waals surface area contributed by atoms with Gasteiger partial charge in [0.1, 0.15) is 0 Å². The molecule has 0 unspecified atom stereocenters. The largest absolute Gasteiger partial charge is 0.481 e. The summed E-state index contributed by atoms with van der Waals surface area (Å²) < 4.78 is 0. The van der Waals surface area contributed by atoms with E-state index in [1.54, 1.807) is 0 Å². The SMILES string of the molecule is CCCC[C@H]1CC[C@H](c2ccc(-c3ccccc3-c3ccc(CCCCC(=O)O)cc3)cc2)CC1. The minimum absolute atomic E-state index is 0.254. The van der Waals surface area contributed by atoms with Crippen molar-refractivity contribution >= 4 is 5.97 Å². The van der Waals surface area contributed by atoms with Crippen molar-refractivity contribution in [3.8, 4) is 22.3 Å². The van der Waals surface area contributed by atoms with Crippen LogP contribution in [0.3, 0.4) is 0 Å². The van der Waals surface area contributed by atoms with E-state index in [1.165, 1.54) is 78.3 Å². The second-order valence-electron chi connectivity index (χ2n) is 10.3. The van der Waals surface area contributed by atoms with Gasteiger partial charge in [0.25, 0.3) is 0 Å². The lowest BCUT2D eigenvalue weighted by atomic mass is 9.77. The Balaban J connectivity index is 1.41. The zero-order valence-corrected chi connectivity index (χ0v) is 21.2. The summed E-state index contributed by atoms with van der Waals surface area (Å²) in [7, 11) is 0. The Morgan fingerprint density at radius 3 is 1.94 bits per heavy atom. The van der Waals surface area contributed by atoms with Gasteiger partial charge in [-0.05, 0) is 90.2 Å². The molecule has 3 aromatic rings. The molecule has 1 fully saturated rings. The van der Waals surface area contributed by atoms with Crippen LogP contribution in [0.1, 0.15) is 88.2 Å². The Bertz CT molecular complexity index is 1060. The highest BCUT2D eigenvalue weighted by Crippen LogP contribution is 2.39. The summed E-state index contributed by atoms with van der Waals surface area (Å²) in [5.74, 6) is 0.966. The number of unbranched alkanes of at least 4 members (excludes halogenated alkanes) is 2. The minimum Gasteiger partial charge on any atom is -0.481 e. The van der Waals surface area contributed by atoms with E-state index in [0.29, 0.717) is 0 Å². The summed E-state index contributed by atoms with van der Waals surface area (Å²) in [6, 6.07) is 26.8. The first-order valence-electron chi connectivity index (χ1n) is 13.6. The van der Waals surface area contributed by atoms with Crippen molar-refractivity contribution < 1.29 is 9.90 Å². The highest BCUT2D eigenvalue weighted by Gasteiger charge is 2.22. The average molecular weight is 469 g/mol. The maximum atomic E-state index is 10.7. The highest BCUT2D eigenvalue weighted by molar-refractivity contribution is 5.83. The van der Waals surface area contributed by atoms with E-state index in [9.17, 15) is 4.79 Å². The van der Waals surface area contributed by atoms with Crippen LogP contribution >= 0.6 is 0 Å². The fourth-order valence-corrected chi connectivity index (χ4v) is 5.65. The summed E-state index contributed by atoms with van der Waals surface area (Å²) in [5, 5.41) is 8.81. The average Bonchev–Trinajstić information content (AvgIpc) is 2.91. The normalized spacial score (nSPS) is 17.9. The molecule has 3 aromatic carbocycles. The predicted molar refractivity (Wildman–Crippen MR) is 147 cm³/mol. The zero-order valence-electron chi connectivity index (χ0n) is 21.2. The lowest BCUT2D eigenvalue weighted by Crippen LogP contribution is -2.13. The fourth-order valence-electron chi connectivity index (χ4n) is 5.65. The van der Waals surface area contributed by atoms with Crippen molar-refractivity contribution in [2.75, 3.05) is 0 Å². The molecule has 1 aliphatic carbocycles. The zero-order chi connectivity index (χ0) is 24.5. The molecule has 0 spiro atoms. The van der Waals surface area contributed by atoms with Gasteiger partial charge < -0.3 is 5.11 Å². The number of hydrogen-bond donors (Lipinski definition) is 1. The molecule has 1 saturated carbocycles. The molecule has 0 radical (unpaired) electrons. The van der Waals surface area contributed by atoms with Gasteiger partial charge in [-0.2, -0.15) is 0 Å². The number of carboxylic acids is 1. The van der Waals surface area contributed by atoms with Gasteiger partial charge in [0, 0.05) is 6.42 Å². The first kappa shape index (κ1) is 25.2. The molecule has 4 rings (SSSR count). The molecule has 35 heavy (non-hydrogen) atoms. The molecule has 0 atom stereocenters. The maximum Gasteiger partial charge on any atom is 0.303 e. The van der Waals surface area contributed by atoms with Crippen LogP contribution in [0.25, 0.3) is 22.3 Å². The van der Waals surface area contributed by atoms with Gasteiger partial charge in [-0.15, -0.1) is 0 Å². The maximum absolute atomic E-state index is 10.7. The van der Waals surface area contributed by atoms with Gasteiger partial charge in [-0.1, -0.05) is 99.0 Å². The Kier molecular flexibility index (Phi) is 9.17. The lowest BCUT2D eigenvalue weighted by Gasteiger charge is -2.29. The number of aliphatic carboxylic acids is 1. The smallest absolute Gasteiger partial charge is 0.303 e. The van der Waals surface area contributed by atoms with Crippen LogP contribution in [-0.4, -0.2) is 11.1 Å². The van der Waals surface area contributed by atoms with E-state index in [2.05, 4.69) is 79.7 Å². The van der Waals surface area contributed by atoms with Crippen LogP contribution in [0.15, 0.2) is 72.8 Å². The van der Waals surface area contributed by atoms with E-state index >= 15 is 0 Å². The molecule has 0 aliphatic heterocycles. The van der Waals surface area contributed by atoms with Gasteiger partial charge in [-0.3, -0.25) is 4.79 Å². The Morgan fingerprint density at radius 1 is 0.771 bits per heavy atom. The van der Waals surface area contributed by atoms with Crippen molar-refractivity contribution in [3.05, 3.63) is 83.9 Å². The highest BCUT2D eigenvalue weighted by atomic mass is 16.4. The third kappa shape index (κ3) is 7.07.